The highest BCUT2D eigenvalue weighted by atomic mass is 32.2. The molecule has 1 heterocycles. The van der Waals surface area contributed by atoms with Gasteiger partial charge in [0, 0.05) is 13.1 Å². The van der Waals surface area contributed by atoms with Crippen molar-refractivity contribution < 1.29 is 22.7 Å². The van der Waals surface area contributed by atoms with Crippen LogP contribution in [0.1, 0.15) is 37.3 Å². The lowest BCUT2D eigenvalue weighted by Crippen LogP contribution is -2.52. The minimum Gasteiger partial charge on any atom is -0.469 e. The molecule has 1 fully saturated rings. The molecule has 1 amide bonds. The zero-order chi connectivity index (χ0) is 21.1. The van der Waals surface area contributed by atoms with Crippen molar-refractivity contribution in [2.75, 3.05) is 30.8 Å². The Hall–Kier alpha value is -2.09. The van der Waals surface area contributed by atoms with E-state index in [2.05, 4.69) is 0 Å². The van der Waals surface area contributed by atoms with Crippen molar-refractivity contribution in [2.45, 2.75) is 46.1 Å². The summed E-state index contributed by atoms with van der Waals surface area (Å²) >= 11 is 0. The molecular formula is C20H30N2O5S. The van der Waals surface area contributed by atoms with Gasteiger partial charge in [-0.2, -0.15) is 0 Å². The van der Waals surface area contributed by atoms with Gasteiger partial charge in [-0.15, -0.1) is 0 Å². The van der Waals surface area contributed by atoms with Crippen LogP contribution in [0.2, 0.25) is 0 Å². The number of ether oxygens (including phenoxy) is 1. The van der Waals surface area contributed by atoms with Crippen molar-refractivity contribution in [3.05, 3.63) is 29.3 Å². The largest absolute Gasteiger partial charge is 0.469 e. The second-order valence-electron chi connectivity index (χ2n) is 7.45. The van der Waals surface area contributed by atoms with Crippen LogP contribution in [0.15, 0.2) is 18.2 Å². The first-order chi connectivity index (χ1) is 13.1. The van der Waals surface area contributed by atoms with Gasteiger partial charge < -0.3 is 9.64 Å². The third-order valence-electron chi connectivity index (χ3n) is 5.11. The molecule has 1 aliphatic heterocycles. The molecule has 0 aliphatic carbocycles. The average Bonchev–Trinajstić information content (AvgIpc) is 2.63. The number of carbonyl (C=O) groups is 2. The zero-order valence-corrected chi connectivity index (χ0v) is 18.1. The predicted molar refractivity (Wildman–Crippen MR) is 109 cm³/mol. The Morgan fingerprint density at radius 2 is 1.71 bits per heavy atom. The van der Waals surface area contributed by atoms with Crippen molar-refractivity contribution in [2.24, 2.45) is 5.92 Å². The Labute approximate surface area is 167 Å². The lowest BCUT2D eigenvalue weighted by Gasteiger charge is -2.37. The van der Waals surface area contributed by atoms with Crippen LogP contribution in [0.4, 0.5) is 5.69 Å². The van der Waals surface area contributed by atoms with E-state index < -0.39 is 16.1 Å². The maximum absolute atomic E-state index is 13.2. The first kappa shape index (κ1) is 22.2. The van der Waals surface area contributed by atoms with Crippen molar-refractivity contribution in [1.82, 2.24) is 4.90 Å². The van der Waals surface area contributed by atoms with Crippen molar-refractivity contribution >= 4 is 27.6 Å². The maximum Gasteiger partial charge on any atom is 0.308 e. The third kappa shape index (κ3) is 5.04. The molecular weight excluding hydrogens is 380 g/mol. The van der Waals surface area contributed by atoms with Gasteiger partial charge in [0.05, 0.1) is 25.0 Å². The Bertz CT molecular complexity index is 809. The van der Waals surface area contributed by atoms with Crippen LogP contribution in [0, 0.1) is 19.8 Å². The molecule has 0 spiro atoms. The average molecular weight is 411 g/mol. The normalized spacial score (nSPS) is 16.5. The lowest BCUT2D eigenvalue weighted by molar-refractivity contribution is -0.149. The molecule has 0 unspecified atom stereocenters. The number of benzene rings is 1. The van der Waals surface area contributed by atoms with Crippen LogP contribution in [-0.4, -0.2) is 57.7 Å². The zero-order valence-electron chi connectivity index (χ0n) is 17.3. The van der Waals surface area contributed by atoms with E-state index in [9.17, 15) is 18.0 Å². The molecule has 156 valence electrons. The molecule has 7 nitrogen and oxygen atoms in total. The van der Waals surface area contributed by atoms with E-state index in [0.29, 0.717) is 38.0 Å². The van der Waals surface area contributed by atoms with Gasteiger partial charge in [-0.05, 0) is 56.4 Å². The number of rotatable bonds is 6. The van der Waals surface area contributed by atoms with E-state index in [1.165, 1.54) is 11.4 Å². The highest BCUT2D eigenvalue weighted by molar-refractivity contribution is 7.92. The molecule has 1 aromatic rings. The van der Waals surface area contributed by atoms with E-state index in [0.717, 1.165) is 17.4 Å². The minimum atomic E-state index is -3.66. The number of amides is 1. The summed E-state index contributed by atoms with van der Waals surface area (Å²) in [4.78, 5) is 26.6. The number of anilines is 1. The summed E-state index contributed by atoms with van der Waals surface area (Å²) in [5.41, 5.74) is 2.37. The van der Waals surface area contributed by atoms with Gasteiger partial charge >= 0.3 is 5.97 Å². The van der Waals surface area contributed by atoms with E-state index in [1.807, 2.05) is 26.8 Å². The number of aryl methyl sites for hydroxylation is 2. The Morgan fingerprint density at radius 3 is 2.14 bits per heavy atom. The molecule has 0 N–H and O–H groups in total. The fourth-order valence-electron chi connectivity index (χ4n) is 3.83. The highest BCUT2D eigenvalue weighted by Gasteiger charge is 2.36. The highest BCUT2D eigenvalue weighted by Crippen LogP contribution is 2.27. The number of piperidine rings is 1. The molecule has 0 saturated carbocycles. The maximum atomic E-state index is 13.2. The van der Waals surface area contributed by atoms with Crippen LogP contribution < -0.4 is 4.31 Å². The molecule has 28 heavy (non-hydrogen) atoms. The van der Waals surface area contributed by atoms with Gasteiger partial charge in [-0.1, -0.05) is 13.0 Å². The van der Waals surface area contributed by atoms with Gasteiger partial charge in [0.2, 0.25) is 15.9 Å². The van der Waals surface area contributed by atoms with Gasteiger partial charge in [0.25, 0.3) is 0 Å². The summed E-state index contributed by atoms with van der Waals surface area (Å²) in [6, 6.07) is 4.72. The number of methoxy groups -OCH3 is 1. The van der Waals surface area contributed by atoms with E-state index in [-0.39, 0.29) is 17.8 Å². The lowest BCUT2D eigenvalue weighted by atomic mass is 9.96. The van der Waals surface area contributed by atoms with Gasteiger partial charge in [-0.25, -0.2) is 8.42 Å². The molecule has 1 saturated heterocycles. The monoisotopic (exact) mass is 410 g/mol. The second kappa shape index (κ2) is 8.94. The first-order valence-corrected chi connectivity index (χ1v) is 11.4. The van der Waals surface area contributed by atoms with Crippen LogP contribution >= 0.6 is 0 Å². The number of esters is 1. The topological polar surface area (TPSA) is 84.0 Å². The van der Waals surface area contributed by atoms with Gasteiger partial charge in [-0.3, -0.25) is 13.9 Å². The van der Waals surface area contributed by atoms with Crippen LogP contribution in [0.5, 0.6) is 0 Å². The van der Waals surface area contributed by atoms with Crippen LogP contribution in [0.25, 0.3) is 0 Å². The number of nitrogens with zero attached hydrogens (tertiary/aromatic N) is 2. The summed E-state index contributed by atoms with van der Waals surface area (Å²) in [5, 5.41) is 0. The first-order valence-electron chi connectivity index (χ1n) is 9.52. The van der Waals surface area contributed by atoms with Gasteiger partial charge in [0.1, 0.15) is 6.04 Å². The molecule has 2 rings (SSSR count). The number of likely N-dealkylation sites (tertiary alicyclic amines) is 1. The SMILES string of the molecule is CC[C@H](C(=O)N1CCC(C(=O)OC)CC1)N(c1cc(C)cc(C)c1)S(C)(=O)=O. The summed E-state index contributed by atoms with van der Waals surface area (Å²) in [6.45, 7) is 6.44. The Morgan fingerprint density at radius 1 is 1.18 bits per heavy atom. The third-order valence-corrected chi connectivity index (χ3v) is 6.29. The number of sulfonamides is 1. The number of hydrogen-bond acceptors (Lipinski definition) is 5. The van der Waals surface area contributed by atoms with Crippen molar-refractivity contribution in [3.63, 3.8) is 0 Å². The molecule has 0 radical (unpaired) electrons. The predicted octanol–water partition coefficient (Wildman–Crippen LogP) is 2.26. The molecule has 1 aliphatic rings. The Balaban J connectivity index is 2.29. The quantitative estimate of drug-likeness (QED) is 0.672. The molecule has 0 bridgehead atoms. The smallest absolute Gasteiger partial charge is 0.308 e. The summed E-state index contributed by atoms with van der Waals surface area (Å²) < 4.78 is 31.3. The number of carbonyl (C=O) groups excluding carboxylic acids is 2. The van der Waals surface area contributed by atoms with Gasteiger partial charge in [0.15, 0.2) is 0 Å². The van der Waals surface area contributed by atoms with E-state index in [1.54, 1.807) is 17.0 Å². The molecule has 1 aromatic carbocycles. The van der Waals surface area contributed by atoms with Crippen LogP contribution in [-0.2, 0) is 24.3 Å². The standard InChI is InChI=1S/C20H30N2O5S/c1-6-18(19(23)21-9-7-16(8-10-21)20(24)27-4)22(28(5,25)26)17-12-14(2)11-15(3)13-17/h11-13,16,18H,6-10H2,1-5H3/t18-/m1/s1. The molecule has 1 atom stereocenters. The van der Waals surface area contributed by atoms with E-state index in [4.69, 9.17) is 4.74 Å². The fourth-order valence-corrected chi connectivity index (χ4v) is 5.02. The van der Waals surface area contributed by atoms with Crippen molar-refractivity contribution in [3.8, 4) is 0 Å². The van der Waals surface area contributed by atoms with E-state index >= 15 is 0 Å². The van der Waals surface area contributed by atoms with Crippen molar-refractivity contribution in [1.29, 1.82) is 0 Å². The summed E-state index contributed by atoms with van der Waals surface area (Å²) in [7, 11) is -2.30. The molecule has 8 heteroatoms. The Kier molecular flexibility index (Phi) is 7.09. The van der Waals surface area contributed by atoms with Crippen LogP contribution in [0.3, 0.4) is 0 Å². The molecule has 0 aromatic heterocycles. The summed E-state index contributed by atoms with van der Waals surface area (Å²) in [6.07, 6.45) is 2.54. The fraction of sp³-hybridized carbons (Fsp3) is 0.600. The summed E-state index contributed by atoms with van der Waals surface area (Å²) in [5.74, 6) is -0.693. The number of hydrogen-bond donors (Lipinski definition) is 0. The minimum absolute atomic E-state index is 0.209. The second-order valence-corrected chi connectivity index (χ2v) is 9.31.